The Balaban J connectivity index is 2.34. The molecule has 0 amide bonds. The summed E-state index contributed by atoms with van der Waals surface area (Å²) in [7, 11) is 0. The summed E-state index contributed by atoms with van der Waals surface area (Å²) < 4.78 is 4.96. The van der Waals surface area contributed by atoms with Gasteiger partial charge in [0.1, 0.15) is 5.78 Å². The van der Waals surface area contributed by atoms with Gasteiger partial charge in [-0.05, 0) is 43.9 Å². The van der Waals surface area contributed by atoms with Crippen LogP contribution in [0.25, 0.3) is 0 Å². The first-order valence-electron chi connectivity index (χ1n) is 11.4. The number of allylic oxidation sites excluding steroid dienone is 2. The van der Waals surface area contributed by atoms with Crippen molar-refractivity contribution in [1.82, 2.24) is 0 Å². The number of unbranched alkanes of at least 4 members (excludes halogenated alkanes) is 5. The molecule has 0 N–H and O–H groups in total. The summed E-state index contributed by atoms with van der Waals surface area (Å²) in [5, 5.41) is 0. The topological polar surface area (TPSA) is 43.4 Å². The number of Topliss-reactive ketones (excluding diaryl/α,β-unsaturated/α-hetero) is 1. The summed E-state index contributed by atoms with van der Waals surface area (Å²) in [4.78, 5) is 23.8. The van der Waals surface area contributed by atoms with Gasteiger partial charge in [0.15, 0.2) is 0 Å². The Labute approximate surface area is 167 Å². The molecule has 0 saturated heterocycles. The van der Waals surface area contributed by atoms with Crippen molar-refractivity contribution in [3.8, 4) is 0 Å². The Bertz CT molecular complexity index is 455. The lowest BCUT2D eigenvalue weighted by Crippen LogP contribution is -2.15. The fraction of sp³-hybridized carbons (Fsp3) is 0.833. The van der Waals surface area contributed by atoms with E-state index in [0.717, 1.165) is 38.5 Å². The molecule has 0 heterocycles. The third-order valence-electron chi connectivity index (χ3n) is 5.93. The summed E-state index contributed by atoms with van der Waals surface area (Å²) in [5.41, 5.74) is 0. The molecule has 27 heavy (non-hydrogen) atoms. The van der Waals surface area contributed by atoms with Gasteiger partial charge < -0.3 is 4.74 Å². The van der Waals surface area contributed by atoms with Crippen molar-refractivity contribution in [2.45, 2.75) is 98.3 Å². The zero-order chi connectivity index (χ0) is 20.1. The lowest BCUT2D eigenvalue weighted by Gasteiger charge is -2.19. The summed E-state index contributed by atoms with van der Waals surface area (Å²) in [6, 6.07) is 0. The van der Waals surface area contributed by atoms with Crippen LogP contribution in [0.15, 0.2) is 12.2 Å². The van der Waals surface area contributed by atoms with E-state index in [2.05, 4.69) is 32.9 Å². The highest BCUT2D eigenvalue weighted by atomic mass is 16.5. The monoisotopic (exact) mass is 378 g/mol. The van der Waals surface area contributed by atoms with Crippen LogP contribution in [0.5, 0.6) is 0 Å². The van der Waals surface area contributed by atoms with Gasteiger partial charge in [0, 0.05) is 18.8 Å². The molecule has 1 saturated carbocycles. The number of carbonyl (C=O) groups is 2. The minimum Gasteiger partial charge on any atom is -0.466 e. The third-order valence-corrected chi connectivity index (χ3v) is 5.93. The van der Waals surface area contributed by atoms with Crippen LogP contribution in [-0.4, -0.2) is 18.4 Å². The van der Waals surface area contributed by atoms with Crippen LogP contribution in [0.3, 0.4) is 0 Å². The van der Waals surface area contributed by atoms with Crippen LogP contribution < -0.4 is 0 Å². The molecule has 0 aromatic heterocycles. The highest BCUT2D eigenvalue weighted by molar-refractivity contribution is 5.84. The molecule has 1 aliphatic carbocycles. The molecule has 1 rings (SSSR count). The summed E-state index contributed by atoms with van der Waals surface area (Å²) in [5.74, 6) is 2.10. The highest BCUT2D eigenvalue weighted by Crippen LogP contribution is 2.38. The van der Waals surface area contributed by atoms with Gasteiger partial charge in [-0.15, -0.1) is 0 Å². The van der Waals surface area contributed by atoms with E-state index in [1.807, 2.05) is 6.92 Å². The zero-order valence-corrected chi connectivity index (χ0v) is 18.2. The summed E-state index contributed by atoms with van der Waals surface area (Å²) >= 11 is 0. The molecular weight excluding hydrogens is 336 g/mol. The first-order chi connectivity index (χ1) is 13.0. The number of esters is 1. The van der Waals surface area contributed by atoms with Crippen molar-refractivity contribution in [2.24, 2.45) is 23.7 Å². The number of carbonyl (C=O) groups excluding carboxylic acids is 2. The predicted molar refractivity (Wildman–Crippen MR) is 113 cm³/mol. The van der Waals surface area contributed by atoms with E-state index >= 15 is 0 Å². The molecule has 1 aliphatic rings. The van der Waals surface area contributed by atoms with Gasteiger partial charge in [-0.2, -0.15) is 0 Å². The third kappa shape index (κ3) is 9.58. The molecule has 0 spiro atoms. The van der Waals surface area contributed by atoms with Crippen LogP contribution >= 0.6 is 0 Å². The number of ketones is 1. The molecule has 0 radical (unpaired) electrons. The number of hydrogen-bond acceptors (Lipinski definition) is 3. The average Bonchev–Trinajstić information content (AvgIpc) is 2.89. The second-order valence-corrected chi connectivity index (χ2v) is 8.45. The molecule has 3 heteroatoms. The highest BCUT2D eigenvalue weighted by Gasteiger charge is 2.37. The van der Waals surface area contributed by atoms with Crippen LogP contribution in [-0.2, 0) is 14.3 Å². The van der Waals surface area contributed by atoms with E-state index in [0.29, 0.717) is 36.6 Å². The standard InChI is InChI=1S/C24H42O3/c1-5-7-10-13-19(3)16-17-21-20(4)18-23(25)22(21)14-11-8-9-12-15-24(26)27-6-2/h16-17,19-22H,5-15,18H2,1-4H3/b17-16+/t19-,20?,21+,22-/m1/s1. The maximum Gasteiger partial charge on any atom is 0.305 e. The molecular formula is C24H42O3. The van der Waals surface area contributed by atoms with Gasteiger partial charge in [-0.1, -0.05) is 71.4 Å². The van der Waals surface area contributed by atoms with E-state index in [1.54, 1.807) is 0 Å². The van der Waals surface area contributed by atoms with E-state index in [9.17, 15) is 9.59 Å². The molecule has 0 aromatic rings. The first-order valence-corrected chi connectivity index (χ1v) is 11.4. The Morgan fingerprint density at radius 1 is 1.15 bits per heavy atom. The zero-order valence-electron chi connectivity index (χ0n) is 18.2. The second kappa shape index (κ2) is 14.0. The van der Waals surface area contributed by atoms with Crippen molar-refractivity contribution in [2.75, 3.05) is 6.61 Å². The maximum atomic E-state index is 12.4. The van der Waals surface area contributed by atoms with Crippen molar-refractivity contribution >= 4 is 11.8 Å². The molecule has 4 atom stereocenters. The molecule has 0 aliphatic heterocycles. The van der Waals surface area contributed by atoms with Crippen molar-refractivity contribution < 1.29 is 14.3 Å². The lowest BCUT2D eigenvalue weighted by molar-refractivity contribution is -0.143. The predicted octanol–water partition coefficient (Wildman–Crippen LogP) is 6.50. The fourth-order valence-corrected chi connectivity index (χ4v) is 4.24. The molecule has 3 nitrogen and oxygen atoms in total. The molecule has 0 aromatic carbocycles. The van der Waals surface area contributed by atoms with Gasteiger partial charge >= 0.3 is 5.97 Å². The molecule has 1 fully saturated rings. The Kier molecular flexibility index (Phi) is 12.4. The average molecular weight is 379 g/mol. The molecule has 0 bridgehead atoms. The van der Waals surface area contributed by atoms with E-state index < -0.39 is 0 Å². The minimum atomic E-state index is -0.0875. The normalized spacial score (nSPS) is 23.9. The second-order valence-electron chi connectivity index (χ2n) is 8.45. The fourth-order valence-electron chi connectivity index (χ4n) is 4.24. The largest absolute Gasteiger partial charge is 0.466 e. The van der Waals surface area contributed by atoms with Crippen LogP contribution in [0.1, 0.15) is 98.3 Å². The number of ether oxygens (including phenoxy) is 1. The molecule has 1 unspecified atom stereocenters. The minimum absolute atomic E-state index is 0.0875. The summed E-state index contributed by atoms with van der Waals surface area (Å²) in [6.45, 7) is 9.08. The molecule has 156 valence electrons. The van der Waals surface area contributed by atoms with Crippen LogP contribution in [0, 0.1) is 23.7 Å². The van der Waals surface area contributed by atoms with Crippen molar-refractivity contribution in [3.05, 3.63) is 12.2 Å². The van der Waals surface area contributed by atoms with Gasteiger partial charge in [-0.25, -0.2) is 0 Å². The van der Waals surface area contributed by atoms with Gasteiger partial charge in [0.2, 0.25) is 0 Å². The smallest absolute Gasteiger partial charge is 0.305 e. The van der Waals surface area contributed by atoms with Crippen LogP contribution in [0.2, 0.25) is 0 Å². The van der Waals surface area contributed by atoms with Gasteiger partial charge in [-0.3, -0.25) is 9.59 Å². The summed E-state index contributed by atoms with van der Waals surface area (Å²) in [6.07, 6.45) is 16.3. The Hall–Kier alpha value is -1.12. The van der Waals surface area contributed by atoms with E-state index in [-0.39, 0.29) is 11.9 Å². The van der Waals surface area contributed by atoms with Crippen LogP contribution in [0.4, 0.5) is 0 Å². The van der Waals surface area contributed by atoms with Gasteiger partial charge in [0.05, 0.1) is 6.61 Å². The number of rotatable bonds is 14. The van der Waals surface area contributed by atoms with Crippen molar-refractivity contribution in [3.63, 3.8) is 0 Å². The van der Waals surface area contributed by atoms with E-state index in [1.165, 1.54) is 25.7 Å². The quantitative estimate of drug-likeness (QED) is 0.197. The maximum absolute atomic E-state index is 12.4. The lowest BCUT2D eigenvalue weighted by atomic mass is 9.85. The Morgan fingerprint density at radius 2 is 1.89 bits per heavy atom. The SMILES string of the molecule is CCCCC[C@@H](C)/C=C/[C@H]1C(C)CC(=O)[C@@H]1CCCCCCC(=O)OCC. The number of hydrogen-bond donors (Lipinski definition) is 0. The van der Waals surface area contributed by atoms with E-state index in [4.69, 9.17) is 4.74 Å². The van der Waals surface area contributed by atoms with Gasteiger partial charge in [0.25, 0.3) is 0 Å². The Morgan fingerprint density at radius 3 is 2.59 bits per heavy atom. The van der Waals surface area contributed by atoms with Crippen molar-refractivity contribution in [1.29, 1.82) is 0 Å². The first kappa shape index (κ1) is 23.9.